The van der Waals surface area contributed by atoms with Crippen molar-refractivity contribution in [3.8, 4) is 0 Å². The molecular weight excluding hydrogens is 411 g/mol. The molecule has 0 aliphatic carbocycles. The lowest BCUT2D eigenvalue weighted by Crippen LogP contribution is -2.69. The Balaban J connectivity index is 1.84. The SMILES string of the molecule is C=CCNC(=O)C1(O)CN(C(=O)c2ccc(F)c(F)c2Nc2ccc(CC)cc2F)C1. The molecule has 0 spiro atoms. The highest BCUT2D eigenvalue weighted by molar-refractivity contribution is 6.02. The Morgan fingerprint density at radius 3 is 2.52 bits per heavy atom. The summed E-state index contributed by atoms with van der Waals surface area (Å²) in [5.74, 6) is -4.65. The Morgan fingerprint density at radius 1 is 1.19 bits per heavy atom. The maximum Gasteiger partial charge on any atom is 0.256 e. The van der Waals surface area contributed by atoms with E-state index < -0.39 is 40.6 Å². The summed E-state index contributed by atoms with van der Waals surface area (Å²) in [4.78, 5) is 26.0. The fourth-order valence-electron chi connectivity index (χ4n) is 3.24. The molecule has 31 heavy (non-hydrogen) atoms. The van der Waals surface area contributed by atoms with Gasteiger partial charge in [0.05, 0.1) is 30.0 Å². The quantitative estimate of drug-likeness (QED) is 0.587. The first-order chi connectivity index (χ1) is 14.7. The van der Waals surface area contributed by atoms with Crippen molar-refractivity contribution < 1.29 is 27.9 Å². The molecule has 6 nitrogen and oxygen atoms in total. The molecule has 2 aromatic rings. The molecule has 1 fully saturated rings. The van der Waals surface area contributed by atoms with Crippen LogP contribution >= 0.6 is 0 Å². The Labute approximate surface area is 177 Å². The summed E-state index contributed by atoms with van der Waals surface area (Å²) in [6.45, 7) is 4.79. The highest BCUT2D eigenvalue weighted by atomic mass is 19.2. The predicted octanol–water partition coefficient (Wildman–Crippen LogP) is 2.90. The summed E-state index contributed by atoms with van der Waals surface area (Å²) in [7, 11) is 0. The maximum absolute atomic E-state index is 14.5. The van der Waals surface area contributed by atoms with Gasteiger partial charge >= 0.3 is 0 Å². The van der Waals surface area contributed by atoms with Crippen LogP contribution in [-0.2, 0) is 11.2 Å². The average molecular weight is 433 g/mol. The second kappa shape index (κ2) is 8.81. The van der Waals surface area contributed by atoms with E-state index in [0.717, 1.165) is 17.0 Å². The number of hydrogen-bond donors (Lipinski definition) is 3. The van der Waals surface area contributed by atoms with Crippen LogP contribution in [0.4, 0.5) is 24.5 Å². The molecule has 0 aromatic heterocycles. The Bertz CT molecular complexity index is 1040. The average Bonchev–Trinajstić information content (AvgIpc) is 2.73. The van der Waals surface area contributed by atoms with Crippen molar-refractivity contribution >= 4 is 23.2 Å². The van der Waals surface area contributed by atoms with Crippen molar-refractivity contribution in [3.05, 3.63) is 71.6 Å². The molecule has 2 aromatic carbocycles. The van der Waals surface area contributed by atoms with Gasteiger partial charge in [-0.15, -0.1) is 6.58 Å². The van der Waals surface area contributed by atoms with Gasteiger partial charge in [0.1, 0.15) is 5.82 Å². The zero-order valence-corrected chi connectivity index (χ0v) is 16.8. The molecule has 9 heteroatoms. The van der Waals surface area contributed by atoms with Crippen LogP contribution in [0.25, 0.3) is 0 Å². The molecule has 1 aliphatic rings. The molecule has 0 unspecified atom stereocenters. The first kappa shape index (κ1) is 22.4. The van der Waals surface area contributed by atoms with Gasteiger partial charge in [-0.05, 0) is 36.2 Å². The molecule has 0 bridgehead atoms. The van der Waals surface area contributed by atoms with Crippen molar-refractivity contribution in [1.82, 2.24) is 10.2 Å². The zero-order valence-electron chi connectivity index (χ0n) is 16.8. The van der Waals surface area contributed by atoms with E-state index in [4.69, 9.17) is 0 Å². The van der Waals surface area contributed by atoms with Crippen molar-refractivity contribution in [1.29, 1.82) is 0 Å². The van der Waals surface area contributed by atoms with Crippen molar-refractivity contribution in [2.45, 2.75) is 18.9 Å². The molecule has 0 atom stereocenters. The minimum Gasteiger partial charge on any atom is -0.377 e. The van der Waals surface area contributed by atoms with Crippen molar-refractivity contribution in [2.24, 2.45) is 0 Å². The highest BCUT2D eigenvalue weighted by Gasteiger charge is 2.50. The molecule has 1 aliphatic heterocycles. The molecular formula is C22H22F3N3O3. The third-order valence-electron chi connectivity index (χ3n) is 5.05. The van der Waals surface area contributed by atoms with E-state index in [2.05, 4.69) is 17.2 Å². The van der Waals surface area contributed by atoms with Crippen molar-refractivity contribution in [3.63, 3.8) is 0 Å². The van der Waals surface area contributed by atoms with E-state index in [9.17, 15) is 27.9 Å². The van der Waals surface area contributed by atoms with Gasteiger partial charge in [0, 0.05) is 6.54 Å². The monoisotopic (exact) mass is 433 g/mol. The van der Waals surface area contributed by atoms with Crippen molar-refractivity contribution in [2.75, 3.05) is 25.0 Å². The van der Waals surface area contributed by atoms with Gasteiger partial charge in [-0.3, -0.25) is 9.59 Å². The normalized spacial score (nSPS) is 14.5. The molecule has 0 radical (unpaired) electrons. The summed E-state index contributed by atoms with van der Waals surface area (Å²) in [6, 6.07) is 6.11. The summed E-state index contributed by atoms with van der Waals surface area (Å²) >= 11 is 0. The number of carbonyl (C=O) groups is 2. The predicted molar refractivity (Wildman–Crippen MR) is 109 cm³/mol. The maximum atomic E-state index is 14.5. The van der Waals surface area contributed by atoms with Crippen LogP contribution in [0.5, 0.6) is 0 Å². The molecule has 164 valence electrons. The second-order valence-corrected chi connectivity index (χ2v) is 7.27. The number of carbonyl (C=O) groups excluding carboxylic acids is 2. The van der Waals surface area contributed by atoms with E-state index in [1.54, 1.807) is 6.07 Å². The third kappa shape index (κ3) is 4.41. The number of halogens is 3. The van der Waals surface area contributed by atoms with Crippen LogP contribution in [-0.4, -0.2) is 47.1 Å². The lowest BCUT2D eigenvalue weighted by Gasteiger charge is -2.45. The summed E-state index contributed by atoms with van der Waals surface area (Å²) in [5.41, 5.74) is -1.98. The number of nitrogens with zero attached hydrogens (tertiary/aromatic N) is 1. The molecule has 1 heterocycles. The topological polar surface area (TPSA) is 81.7 Å². The fourth-order valence-corrected chi connectivity index (χ4v) is 3.24. The van der Waals surface area contributed by atoms with Crippen LogP contribution in [0.1, 0.15) is 22.8 Å². The number of amides is 2. The number of β-amino-alcohol motifs (C(OH)–C–C–N with tert-alkyl or cyclic N) is 1. The van der Waals surface area contributed by atoms with E-state index in [0.29, 0.717) is 12.0 Å². The number of hydrogen-bond acceptors (Lipinski definition) is 4. The van der Waals surface area contributed by atoms with Gasteiger partial charge in [-0.2, -0.15) is 0 Å². The van der Waals surface area contributed by atoms with Crippen LogP contribution in [0.15, 0.2) is 43.0 Å². The highest BCUT2D eigenvalue weighted by Crippen LogP contribution is 2.31. The largest absolute Gasteiger partial charge is 0.377 e. The second-order valence-electron chi connectivity index (χ2n) is 7.27. The number of benzene rings is 2. The van der Waals surface area contributed by atoms with Crippen LogP contribution < -0.4 is 10.6 Å². The van der Waals surface area contributed by atoms with E-state index in [-0.39, 0.29) is 30.9 Å². The first-order valence-electron chi connectivity index (χ1n) is 9.64. The lowest BCUT2D eigenvalue weighted by atomic mass is 9.92. The van der Waals surface area contributed by atoms with E-state index in [1.165, 1.54) is 18.2 Å². The number of aryl methyl sites for hydroxylation is 1. The van der Waals surface area contributed by atoms with Gasteiger partial charge in [0.2, 0.25) is 0 Å². The molecule has 2 amide bonds. The van der Waals surface area contributed by atoms with Crippen LogP contribution in [0.3, 0.4) is 0 Å². The number of aliphatic hydroxyl groups is 1. The van der Waals surface area contributed by atoms with Crippen LogP contribution in [0.2, 0.25) is 0 Å². The number of rotatable bonds is 7. The van der Waals surface area contributed by atoms with Gasteiger partial charge in [-0.25, -0.2) is 13.2 Å². The summed E-state index contributed by atoms with van der Waals surface area (Å²) < 4.78 is 42.7. The summed E-state index contributed by atoms with van der Waals surface area (Å²) in [5, 5.41) is 15.2. The Hall–Kier alpha value is -3.33. The molecule has 0 saturated carbocycles. The standard InChI is InChI=1S/C22H22F3N3O3/c1-3-9-26-21(30)22(31)11-28(12-22)20(29)14-6-7-15(23)18(25)19(14)27-17-8-5-13(4-2)10-16(17)24/h3,5-8,10,27,31H,1,4,9,11-12H2,2H3,(H,26,30). The molecule has 1 saturated heterocycles. The fraction of sp³-hybridized carbons (Fsp3) is 0.273. The Kier molecular flexibility index (Phi) is 6.35. The van der Waals surface area contributed by atoms with E-state index in [1.807, 2.05) is 6.92 Å². The van der Waals surface area contributed by atoms with E-state index >= 15 is 0 Å². The minimum absolute atomic E-state index is 0.125. The first-order valence-corrected chi connectivity index (χ1v) is 9.64. The van der Waals surface area contributed by atoms with Crippen LogP contribution in [0, 0.1) is 17.5 Å². The van der Waals surface area contributed by atoms with Gasteiger partial charge < -0.3 is 20.6 Å². The Morgan fingerprint density at radius 2 is 1.90 bits per heavy atom. The van der Waals surface area contributed by atoms with Gasteiger partial charge in [0.15, 0.2) is 17.2 Å². The number of anilines is 2. The smallest absolute Gasteiger partial charge is 0.256 e. The molecule has 3 rings (SSSR count). The number of likely N-dealkylation sites (tertiary alicyclic amines) is 1. The third-order valence-corrected chi connectivity index (χ3v) is 5.05. The zero-order chi connectivity index (χ0) is 22.8. The minimum atomic E-state index is -1.78. The molecule has 3 N–H and O–H groups in total. The van der Waals surface area contributed by atoms with Gasteiger partial charge in [-0.1, -0.05) is 19.1 Å². The summed E-state index contributed by atoms with van der Waals surface area (Å²) in [6.07, 6.45) is 2.03. The number of nitrogens with one attached hydrogen (secondary N) is 2. The lowest BCUT2D eigenvalue weighted by molar-refractivity contribution is -0.154. The van der Waals surface area contributed by atoms with Gasteiger partial charge in [0.25, 0.3) is 11.8 Å².